The lowest BCUT2D eigenvalue weighted by Gasteiger charge is -2.18. The van der Waals surface area contributed by atoms with Crippen LogP contribution >= 0.6 is 11.3 Å². The summed E-state index contributed by atoms with van der Waals surface area (Å²) in [6, 6.07) is 8.61. The highest BCUT2D eigenvalue weighted by atomic mass is 32.2. The maximum Gasteiger partial charge on any atom is 0.344 e. The maximum atomic E-state index is 12.5. The molecule has 2 aromatic rings. The number of ether oxygens (including phenoxy) is 2. The van der Waals surface area contributed by atoms with Gasteiger partial charge in [-0.1, -0.05) is 19.9 Å². The number of hydrogen-bond acceptors (Lipinski definition) is 8. The second-order valence-electron chi connectivity index (χ2n) is 7.00. The molecule has 1 aromatic carbocycles. The summed E-state index contributed by atoms with van der Waals surface area (Å²) in [6.07, 6.45) is 0. The van der Waals surface area contributed by atoms with Gasteiger partial charge in [0, 0.05) is 13.6 Å². The fourth-order valence-electron chi connectivity index (χ4n) is 2.27. The standard InChI is InChI=1S/C20H25N3O7S2/c1-14(2)11-21-20(26)22-17(24)12-30-18(25)13-29-16-8-6-15(7-9-16)23(3)32(27,28)19-5-4-10-31-19/h4-10,14H,11-13H2,1-3H3,(H2,21,22,24,26). The minimum absolute atomic E-state index is 0.226. The van der Waals surface area contributed by atoms with Crippen LogP contribution in [0.5, 0.6) is 5.75 Å². The Hall–Kier alpha value is -3.12. The summed E-state index contributed by atoms with van der Waals surface area (Å²) < 4.78 is 36.5. The monoisotopic (exact) mass is 483 g/mol. The molecule has 32 heavy (non-hydrogen) atoms. The minimum atomic E-state index is -3.65. The van der Waals surface area contributed by atoms with Gasteiger partial charge in [0.1, 0.15) is 9.96 Å². The summed E-state index contributed by atoms with van der Waals surface area (Å²) in [5, 5.41) is 6.23. The third-order valence-electron chi connectivity index (χ3n) is 3.95. The SMILES string of the molecule is CC(C)CNC(=O)NC(=O)COC(=O)COc1ccc(N(C)S(=O)(=O)c2cccs2)cc1. The molecule has 0 aliphatic carbocycles. The zero-order valence-electron chi connectivity index (χ0n) is 17.9. The minimum Gasteiger partial charge on any atom is -0.482 e. The van der Waals surface area contributed by atoms with Crippen LogP contribution in [0.4, 0.5) is 10.5 Å². The van der Waals surface area contributed by atoms with Crippen LogP contribution in [0.3, 0.4) is 0 Å². The predicted molar refractivity (Wildman–Crippen MR) is 119 cm³/mol. The Morgan fingerprint density at radius 2 is 1.78 bits per heavy atom. The molecule has 0 radical (unpaired) electrons. The van der Waals surface area contributed by atoms with E-state index in [1.165, 1.54) is 37.4 Å². The number of anilines is 1. The van der Waals surface area contributed by atoms with Crippen LogP contribution < -0.4 is 19.7 Å². The number of imide groups is 1. The highest BCUT2D eigenvalue weighted by Crippen LogP contribution is 2.26. The van der Waals surface area contributed by atoms with E-state index in [1.54, 1.807) is 11.4 Å². The Balaban J connectivity index is 1.78. The number of sulfonamides is 1. The van der Waals surface area contributed by atoms with Crippen molar-refractivity contribution in [1.29, 1.82) is 0 Å². The molecule has 0 bridgehead atoms. The van der Waals surface area contributed by atoms with Crippen molar-refractivity contribution < 1.29 is 32.3 Å². The van der Waals surface area contributed by atoms with Gasteiger partial charge in [-0.2, -0.15) is 0 Å². The molecular formula is C20H25N3O7S2. The lowest BCUT2D eigenvalue weighted by molar-refractivity contribution is -0.150. The van der Waals surface area contributed by atoms with Gasteiger partial charge < -0.3 is 14.8 Å². The molecule has 1 aromatic heterocycles. The molecule has 0 fully saturated rings. The Morgan fingerprint density at radius 1 is 1.09 bits per heavy atom. The van der Waals surface area contributed by atoms with Crippen LogP contribution in [-0.2, 0) is 24.3 Å². The first-order chi connectivity index (χ1) is 15.1. The van der Waals surface area contributed by atoms with Crippen LogP contribution in [0.25, 0.3) is 0 Å². The maximum absolute atomic E-state index is 12.5. The van der Waals surface area contributed by atoms with Gasteiger partial charge in [-0.25, -0.2) is 18.0 Å². The normalized spacial score (nSPS) is 11.0. The second-order valence-corrected chi connectivity index (χ2v) is 10.1. The van der Waals surface area contributed by atoms with E-state index in [0.29, 0.717) is 18.0 Å². The molecule has 0 unspecified atom stereocenters. The Kier molecular flexibility index (Phi) is 9.02. The van der Waals surface area contributed by atoms with Crippen molar-refractivity contribution in [3.8, 4) is 5.75 Å². The molecule has 1 heterocycles. The third-order valence-corrected chi connectivity index (χ3v) is 7.11. The molecule has 0 aliphatic heterocycles. The number of nitrogens with one attached hydrogen (secondary N) is 2. The lowest BCUT2D eigenvalue weighted by atomic mass is 10.2. The number of urea groups is 1. The fraction of sp³-hybridized carbons (Fsp3) is 0.350. The second kappa shape index (κ2) is 11.5. The molecule has 174 valence electrons. The topological polar surface area (TPSA) is 131 Å². The van der Waals surface area contributed by atoms with E-state index in [-0.39, 0.29) is 10.1 Å². The first-order valence-corrected chi connectivity index (χ1v) is 11.9. The number of benzene rings is 1. The van der Waals surface area contributed by atoms with E-state index in [0.717, 1.165) is 15.6 Å². The first kappa shape index (κ1) is 25.1. The van der Waals surface area contributed by atoms with E-state index < -0.39 is 41.1 Å². The molecular weight excluding hydrogens is 458 g/mol. The van der Waals surface area contributed by atoms with Crippen molar-refractivity contribution in [2.45, 2.75) is 18.1 Å². The van der Waals surface area contributed by atoms with Crippen LogP contribution in [-0.4, -0.2) is 53.1 Å². The van der Waals surface area contributed by atoms with Crippen molar-refractivity contribution in [3.05, 3.63) is 41.8 Å². The summed E-state index contributed by atoms with van der Waals surface area (Å²) in [7, 11) is -2.21. The zero-order valence-corrected chi connectivity index (χ0v) is 19.5. The van der Waals surface area contributed by atoms with Crippen LogP contribution in [0.2, 0.25) is 0 Å². The van der Waals surface area contributed by atoms with E-state index in [1.807, 2.05) is 19.2 Å². The predicted octanol–water partition coefficient (Wildman–Crippen LogP) is 1.98. The highest BCUT2D eigenvalue weighted by Gasteiger charge is 2.22. The number of rotatable bonds is 10. The average Bonchev–Trinajstić information content (AvgIpc) is 3.30. The van der Waals surface area contributed by atoms with Crippen molar-refractivity contribution >= 4 is 45.0 Å². The number of amides is 3. The number of carbonyl (C=O) groups is 3. The summed E-state index contributed by atoms with van der Waals surface area (Å²) in [4.78, 5) is 34.8. The third kappa shape index (κ3) is 7.54. The van der Waals surface area contributed by atoms with Gasteiger partial charge in [0.05, 0.1) is 5.69 Å². The van der Waals surface area contributed by atoms with E-state index in [4.69, 9.17) is 9.47 Å². The molecule has 0 saturated carbocycles. The van der Waals surface area contributed by atoms with Gasteiger partial charge >= 0.3 is 12.0 Å². The molecule has 0 spiro atoms. The van der Waals surface area contributed by atoms with E-state index >= 15 is 0 Å². The molecule has 12 heteroatoms. The molecule has 0 atom stereocenters. The quantitative estimate of drug-likeness (QED) is 0.494. The number of carbonyl (C=O) groups excluding carboxylic acids is 3. The lowest BCUT2D eigenvalue weighted by Crippen LogP contribution is -2.42. The zero-order chi connectivity index (χ0) is 23.7. The molecule has 3 amide bonds. The van der Waals surface area contributed by atoms with Gasteiger partial charge in [-0.3, -0.25) is 14.4 Å². The smallest absolute Gasteiger partial charge is 0.344 e. The fourth-order valence-corrected chi connectivity index (χ4v) is 4.63. The molecule has 0 aliphatic rings. The van der Waals surface area contributed by atoms with Crippen molar-refractivity contribution in [2.75, 3.05) is 31.1 Å². The molecule has 2 rings (SSSR count). The van der Waals surface area contributed by atoms with Crippen molar-refractivity contribution in [3.63, 3.8) is 0 Å². The summed E-state index contributed by atoms with van der Waals surface area (Å²) >= 11 is 1.12. The van der Waals surface area contributed by atoms with Gasteiger partial charge in [0.2, 0.25) is 0 Å². The average molecular weight is 484 g/mol. The summed E-state index contributed by atoms with van der Waals surface area (Å²) in [5.74, 6) is -1.03. The largest absolute Gasteiger partial charge is 0.482 e. The molecule has 0 saturated heterocycles. The van der Waals surface area contributed by atoms with Crippen LogP contribution in [0, 0.1) is 5.92 Å². The van der Waals surface area contributed by atoms with Gasteiger partial charge in [0.25, 0.3) is 15.9 Å². The van der Waals surface area contributed by atoms with Gasteiger partial charge in [-0.15, -0.1) is 11.3 Å². The Bertz CT molecular complexity index is 1020. The Labute approximate surface area is 190 Å². The highest BCUT2D eigenvalue weighted by molar-refractivity contribution is 7.94. The van der Waals surface area contributed by atoms with Crippen molar-refractivity contribution in [2.24, 2.45) is 5.92 Å². The summed E-state index contributed by atoms with van der Waals surface area (Å²) in [6.45, 7) is 3.13. The van der Waals surface area contributed by atoms with E-state index in [9.17, 15) is 22.8 Å². The van der Waals surface area contributed by atoms with Crippen LogP contribution in [0.1, 0.15) is 13.8 Å². The first-order valence-electron chi connectivity index (χ1n) is 9.58. The number of hydrogen-bond donors (Lipinski definition) is 2. The van der Waals surface area contributed by atoms with Gasteiger partial charge in [-0.05, 0) is 41.6 Å². The van der Waals surface area contributed by atoms with Crippen LogP contribution in [0.15, 0.2) is 46.0 Å². The summed E-state index contributed by atoms with van der Waals surface area (Å²) in [5.41, 5.74) is 0.417. The molecule has 10 nitrogen and oxygen atoms in total. The van der Waals surface area contributed by atoms with Gasteiger partial charge in [0.15, 0.2) is 13.2 Å². The Morgan fingerprint density at radius 3 is 2.38 bits per heavy atom. The number of thiophene rings is 1. The molecule has 2 N–H and O–H groups in total. The number of nitrogens with zero attached hydrogens (tertiary/aromatic N) is 1. The number of esters is 1. The van der Waals surface area contributed by atoms with E-state index in [2.05, 4.69) is 5.32 Å². The van der Waals surface area contributed by atoms with Crippen molar-refractivity contribution in [1.82, 2.24) is 10.6 Å².